The molecule has 2 heteroatoms. The Balaban J connectivity index is 4.75. The Bertz CT molecular complexity index is 119. The quantitative estimate of drug-likeness (QED) is 0.515. The maximum absolute atomic E-state index is 2.97. The van der Waals surface area contributed by atoms with Gasteiger partial charge in [0.1, 0.15) is 0 Å². The van der Waals surface area contributed by atoms with Gasteiger partial charge in [0.05, 0.1) is 0 Å². The number of hydrogen-bond donors (Lipinski definition) is 0. The summed E-state index contributed by atoms with van der Waals surface area (Å²) in [6, 6.07) is 0. The molecule has 0 N–H and O–H groups in total. The number of rotatable bonds is 0. The van der Waals surface area contributed by atoms with E-state index in [-0.39, 0.29) is 4.90 Å². The summed E-state index contributed by atoms with van der Waals surface area (Å²) in [6.07, 6.45) is 0. The predicted octanol–water partition coefficient (Wildman–Crippen LogP) is 3.53. The maximum atomic E-state index is 2.97. The molecule has 2 atom stereocenters. The summed E-state index contributed by atoms with van der Waals surface area (Å²) in [7, 11) is 5.94. The zero-order chi connectivity index (χ0) is 9.50. The minimum absolute atomic E-state index is 0.208. The molecule has 0 aromatic rings. The minimum Gasteiger partial charge on any atom is -0.126 e. The van der Waals surface area contributed by atoms with Crippen molar-refractivity contribution in [2.45, 2.75) is 46.4 Å². The van der Waals surface area contributed by atoms with Gasteiger partial charge in [0, 0.05) is 4.90 Å². The molecule has 0 bridgehead atoms. The molecule has 0 saturated heterocycles. The molecule has 0 rings (SSSR count). The van der Waals surface area contributed by atoms with Gasteiger partial charge in [0.15, 0.2) is 0 Å². The van der Waals surface area contributed by atoms with Gasteiger partial charge in [0.2, 0.25) is 0 Å². The maximum Gasteiger partial charge on any atom is 0.00887 e. The molecule has 0 aromatic heterocycles. The molecule has 11 heavy (non-hydrogen) atoms. The zero-order valence-electron chi connectivity index (χ0n) is 8.65. The summed E-state index contributed by atoms with van der Waals surface area (Å²) in [6.45, 7) is 13.7. The fourth-order valence-corrected chi connectivity index (χ4v) is 1.12. The Kier molecular flexibility index (Phi) is 3.20. The third-order valence-electron chi connectivity index (χ3n) is 2.48. The first kappa shape index (κ1) is 11.9. The topological polar surface area (TPSA) is 0 Å². The summed E-state index contributed by atoms with van der Waals surface area (Å²) in [5.41, 5.74) is 0.612. The summed E-state index contributed by atoms with van der Waals surface area (Å²) in [5, 5.41) is 0. The van der Waals surface area contributed by atoms with Crippen LogP contribution in [0.1, 0.15) is 41.5 Å². The van der Waals surface area contributed by atoms with Crippen LogP contribution < -0.4 is 0 Å². The average molecular weight is 192 g/mol. The van der Waals surface area contributed by atoms with Gasteiger partial charge in [-0.2, -0.15) is 0 Å². The Labute approximate surface area is 76.3 Å². The van der Waals surface area contributed by atoms with Crippen molar-refractivity contribution >= 4 is 18.5 Å². The summed E-state index contributed by atoms with van der Waals surface area (Å²) < 4.78 is 0. The molecule has 0 fully saturated rings. The first-order valence-corrected chi connectivity index (χ1v) is 5.23. The van der Waals surface area contributed by atoms with Crippen molar-refractivity contribution in [2.75, 3.05) is 0 Å². The first-order chi connectivity index (χ1) is 4.50. The molecule has 0 aliphatic heterocycles. The van der Waals surface area contributed by atoms with Crippen LogP contribution in [0.2, 0.25) is 0 Å². The van der Waals surface area contributed by atoms with E-state index in [2.05, 4.69) is 60.0 Å². The lowest BCUT2D eigenvalue weighted by Gasteiger charge is -2.48. The zero-order valence-corrected chi connectivity index (χ0v) is 11.0. The van der Waals surface area contributed by atoms with Crippen LogP contribution in [0.25, 0.3) is 0 Å². The summed E-state index contributed by atoms with van der Waals surface area (Å²) in [4.78, 5) is 0.208. The van der Waals surface area contributed by atoms with E-state index < -0.39 is 0 Å². The third-order valence-corrected chi connectivity index (χ3v) is 5.95. The number of hydrogen-bond acceptors (Lipinski definition) is 0. The van der Waals surface area contributed by atoms with Gasteiger partial charge in [0.25, 0.3) is 0 Å². The molecule has 0 aliphatic carbocycles. The van der Waals surface area contributed by atoms with Gasteiger partial charge in [-0.25, -0.2) is 0 Å². The van der Waals surface area contributed by atoms with Crippen molar-refractivity contribution < 1.29 is 0 Å². The predicted molar refractivity (Wildman–Crippen MR) is 61.1 cm³/mol. The van der Waals surface area contributed by atoms with Gasteiger partial charge < -0.3 is 0 Å². The van der Waals surface area contributed by atoms with Crippen molar-refractivity contribution in [3.05, 3.63) is 0 Å². The molecule has 0 spiro atoms. The van der Waals surface area contributed by atoms with Gasteiger partial charge >= 0.3 is 0 Å². The Morgan fingerprint density at radius 2 is 0.818 bits per heavy atom. The second kappa shape index (κ2) is 2.97. The van der Waals surface area contributed by atoms with Gasteiger partial charge in [-0.3, -0.25) is 0 Å². The molecule has 0 radical (unpaired) electrons. The lowest BCUT2D eigenvalue weighted by Crippen LogP contribution is -2.42. The molecule has 0 heterocycles. The Hall–Kier alpha value is 0.860. The van der Waals surface area contributed by atoms with Crippen LogP contribution in [0.15, 0.2) is 0 Å². The minimum atomic E-state index is 0.208. The van der Waals surface area contributed by atoms with Crippen molar-refractivity contribution in [3.8, 4) is 0 Å². The highest BCUT2D eigenvalue weighted by atomic mass is 31.1. The van der Waals surface area contributed by atoms with Gasteiger partial charge in [-0.1, -0.05) is 41.5 Å². The lowest BCUT2D eigenvalue weighted by atomic mass is 9.76. The standard InChI is InChI=1S/C9H22P2/c1-7(2,3)9(10,11)8(4,5)6/h10-11H2,1-6H3. The van der Waals surface area contributed by atoms with E-state index in [0.717, 1.165) is 0 Å². The van der Waals surface area contributed by atoms with Crippen LogP contribution in [0.3, 0.4) is 0 Å². The van der Waals surface area contributed by atoms with Gasteiger partial charge in [-0.15, -0.1) is 18.5 Å². The molecule has 0 nitrogen and oxygen atoms in total. The normalized spacial score (nSPS) is 15.3. The van der Waals surface area contributed by atoms with Crippen LogP contribution in [0, 0.1) is 10.8 Å². The summed E-state index contributed by atoms with van der Waals surface area (Å²) in [5.74, 6) is 0. The van der Waals surface area contributed by atoms with Crippen LogP contribution >= 0.6 is 18.5 Å². The van der Waals surface area contributed by atoms with Crippen molar-refractivity contribution in [2.24, 2.45) is 10.8 Å². The molecule has 0 aliphatic rings. The second-order valence-corrected chi connectivity index (χ2v) is 7.86. The molecular weight excluding hydrogens is 170 g/mol. The van der Waals surface area contributed by atoms with Crippen molar-refractivity contribution in [1.29, 1.82) is 0 Å². The molecule has 0 amide bonds. The Morgan fingerprint density at radius 1 is 0.636 bits per heavy atom. The fourth-order valence-electron chi connectivity index (χ4n) is 1.12. The van der Waals surface area contributed by atoms with Crippen LogP contribution in [-0.2, 0) is 0 Å². The molecular formula is C9H22P2. The average Bonchev–Trinajstić information content (AvgIpc) is 1.58. The first-order valence-electron chi connectivity index (χ1n) is 4.08. The lowest BCUT2D eigenvalue weighted by molar-refractivity contribution is 0.219. The largest absolute Gasteiger partial charge is 0.126 e. The molecule has 68 valence electrons. The van der Waals surface area contributed by atoms with E-state index in [1.807, 2.05) is 0 Å². The monoisotopic (exact) mass is 192 g/mol. The smallest absolute Gasteiger partial charge is 0.00887 e. The molecule has 2 unspecified atom stereocenters. The highest BCUT2D eigenvalue weighted by Crippen LogP contribution is 2.55. The van der Waals surface area contributed by atoms with Crippen LogP contribution in [0.5, 0.6) is 0 Å². The van der Waals surface area contributed by atoms with E-state index in [0.29, 0.717) is 10.8 Å². The van der Waals surface area contributed by atoms with Crippen molar-refractivity contribution in [1.82, 2.24) is 0 Å². The SMILES string of the molecule is CC(C)(C)C(P)(P)C(C)(C)C. The fraction of sp³-hybridized carbons (Fsp3) is 1.00. The molecule has 0 saturated carbocycles. The van der Waals surface area contributed by atoms with E-state index >= 15 is 0 Å². The summed E-state index contributed by atoms with van der Waals surface area (Å²) >= 11 is 0. The van der Waals surface area contributed by atoms with E-state index in [1.54, 1.807) is 0 Å². The second-order valence-electron chi connectivity index (χ2n) is 5.37. The highest BCUT2D eigenvalue weighted by Gasteiger charge is 2.42. The highest BCUT2D eigenvalue weighted by molar-refractivity contribution is 7.40. The molecule has 0 aromatic carbocycles. The van der Waals surface area contributed by atoms with Gasteiger partial charge in [-0.05, 0) is 10.8 Å². The van der Waals surface area contributed by atoms with Crippen LogP contribution in [0.4, 0.5) is 0 Å². The Morgan fingerprint density at radius 3 is 0.818 bits per heavy atom. The van der Waals surface area contributed by atoms with Crippen LogP contribution in [-0.4, -0.2) is 4.90 Å². The van der Waals surface area contributed by atoms with E-state index in [9.17, 15) is 0 Å². The van der Waals surface area contributed by atoms with E-state index in [1.165, 1.54) is 0 Å². The van der Waals surface area contributed by atoms with Crippen molar-refractivity contribution in [3.63, 3.8) is 0 Å². The van der Waals surface area contributed by atoms with E-state index in [4.69, 9.17) is 0 Å². The third kappa shape index (κ3) is 2.40.